The largest absolute Gasteiger partial charge is 0.507 e. The minimum atomic E-state index is -1.18. The van der Waals surface area contributed by atoms with E-state index in [-0.39, 0.29) is 11.3 Å². The average molecular weight is 350 g/mol. The van der Waals surface area contributed by atoms with Crippen LogP contribution in [0, 0.1) is 0 Å². The molecule has 1 amide bonds. The number of halogens is 1. The number of amides is 1. The quantitative estimate of drug-likeness (QED) is 0.791. The van der Waals surface area contributed by atoms with Gasteiger partial charge in [-0.3, -0.25) is 4.79 Å². The Morgan fingerprint density at radius 2 is 1.76 bits per heavy atom. The number of benzene rings is 2. The Morgan fingerprint density at radius 3 is 2.33 bits per heavy atom. The van der Waals surface area contributed by atoms with Gasteiger partial charge in [0.2, 0.25) is 0 Å². The summed E-state index contributed by atoms with van der Waals surface area (Å²) in [7, 11) is 0. The maximum Gasteiger partial charge on any atom is 0.330 e. The van der Waals surface area contributed by atoms with Crippen LogP contribution in [0.4, 0.5) is 0 Å². The molecule has 0 saturated carbocycles. The Balaban J connectivity index is 2.25. The van der Waals surface area contributed by atoms with Gasteiger partial charge < -0.3 is 15.5 Å². The van der Waals surface area contributed by atoms with Gasteiger partial charge in [0, 0.05) is 4.47 Å². The van der Waals surface area contributed by atoms with Crippen molar-refractivity contribution in [2.45, 2.75) is 6.04 Å². The number of aromatic hydroxyl groups is 1. The number of carboxylic acids is 1. The van der Waals surface area contributed by atoms with Crippen LogP contribution in [0.5, 0.6) is 5.75 Å². The van der Waals surface area contributed by atoms with Crippen LogP contribution in [0.3, 0.4) is 0 Å². The maximum absolute atomic E-state index is 12.1. The van der Waals surface area contributed by atoms with Crippen LogP contribution in [-0.2, 0) is 4.79 Å². The molecule has 0 aliphatic rings. The van der Waals surface area contributed by atoms with Crippen molar-refractivity contribution in [3.8, 4) is 5.75 Å². The lowest BCUT2D eigenvalue weighted by Gasteiger charge is -2.15. The molecule has 0 unspecified atom stereocenters. The van der Waals surface area contributed by atoms with Crippen molar-refractivity contribution in [1.29, 1.82) is 0 Å². The Bertz CT molecular complexity index is 673. The van der Waals surface area contributed by atoms with E-state index in [4.69, 9.17) is 0 Å². The first kappa shape index (κ1) is 15.1. The van der Waals surface area contributed by atoms with Gasteiger partial charge in [-0.25, -0.2) is 4.79 Å². The molecule has 0 heterocycles. The summed E-state index contributed by atoms with van der Waals surface area (Å²) in [5, 5.41) is 21.4. The third kappa shape index (κ3) is 3.61. The van der Waals surface area contributed by atoms with Gasteiger partial charge >= 0.3 is 5.97 Å². The summed E-state index contributed by atoms with van der Waals surface area (Å²) in [4.78, 5) is 23.4. The van der Waals surface area contributed by atoms with Crippen LogP contribution >= 0.6 is 15.9 Å². The van der Waals surface area contributed by atoms with E-state index in [1.807, 2.05) is 0 Å². The summed E-state index contributed by atoms with van der Waals surface area (Å²) in [6.07, 6.45) is 0. The average Bonchev–Trinajstić information content (AvgIpc) is 2.45. The number of hydrogen-bond donors (Lipinski definition) is 3. The second kappa shape index (κ2) is 6.41. The fourth-order valence-corrected chi connectivity index (χ4v) is 2.19. The van der Waals surface area contributed by atoms with E-state index in [0.717, 1.165) is 0 Å². The lowest BCUT2D eigenvalue weighted by Crippen LogP contribution is -2.33. The van der Waals surface area contributed by atoms with Gasteiger partial charge in [-0.15, -0.1) is 0 Å². The first-order valence-electron chi connectivity index (χ1n) is 6.06. The third-order valence-corrected chi connectivity index (χ3v) is 3.35. The number of hydrogen-bond acceptors (Lipinski definition) is 3. The molecule has 6 heteroatoms. The van der Waals surface area contributed by atoms with E-state index in [0.29, 0.717) is 10.0 Å². The summed E-state index contributed by atoms with van der Waals surface area (Å²) in [5.74, 6) is -2.05. The molecule has 0 radical (unpaired) electrons. The maximum atomic E-state index is 12.1. The molecule has 0 aliphatic heterocycles. The smallest absolute Gasteiger partial charge is 0.330 e. The van der Waals surface area contributed by atoms with Crippen LogP contribution in [-0.4, -0.2) is 22.1 Å². The van der Waals surface area contributed by atoms with Gasteiger partial charge in [0.1, 0.15) is 5.75 Å². The predicted molar refractivity (Wildman–Crippen MR) is 80.1 cm³/mol. The molecule has 2 aromatic carbocycles. The monoisotopic (exact) mass is 349 g/mol. The van der Waals surface area contributed by atoms with Crippen molar-refractivity contribution in [2.75, 3.05) is 0 Å². The van der Waals surface area contributed by atoms with E-state index in [1.165, 1.54) is 12.1 Å². The van der Waals surface area contributed by atoms with Crippen LogP contribution in [0.15, 0.2) is 53.0 Å². The lowest BCUT2D eigenvalue weighted by atomic mass is 10.1. The zero-order valence-electron chi connectivity index (χ0n) is 10.8. The highest BCUT2D eigenvalue weighted by molar-refractivity contribution is 9.10. The highest BCUT2D eigenvalue weighted by Gasteiger charge is 2.23. The first-order chi connectivity index (χ1) is 9.99. The van der Waals surface area contributed by atoms with Crippen LogP contribution in [0.25, 0.3) is 0 Å². The van der Waals surface area contributed by atoms with E-state index in [1.54, 1.807) is 36.4 Å². The number of carbonyl (C=O) groups excluding carboxylic acids is 1. The van der Waals surface area contributed by atoms with Gasteiger partial charge in [-0.2, -0.15) is 0 Å². The molecule has 21 heavy (non-hydrogen) atoms. The van der Waals surface area contributed by atoms with Gasteiger partial charge in [-0.05, 0) is 23.8 Å². The summed E-state index contributed by atoms with van der Waals surface area (Å²) in [6, 6.07) is 11.6. The van der Waals surface area contributed by atoms with Crippen molar-refractivity contribution < 1.29 is 19.8 Å². The van der Waals surface area contributed by atoms with Crippen molar-refractivity contribution in [3.63, 3.8) is 0 Å². The fourth-order valence-electron chi connectivity index (χ4n) is 1.84. The van der Waals surface area contributed by atoms with Crippen molar-refractivity contribution in [3.05, 3.63) is 64.1 Å². The number of nitrogens with one attached hydrogen (secondary N) is 1. The Kier molecular flexibility index (Phi) is 4.59. The Morgan fingerprint density at radius 1 is 1.10 bits per heavy atom. The van der Waals surface area contributed by atoms with Gasteiger partial charge in [-0.1, -0.05) is 46.3 Å². The molecular weight excluding hydrogens is 338 g/mol. The standard InChI is InChI=1S/C15H12BrNO4/c16-10-6-7-11(12(18)8-10)14(19)17-13(15(20)21)9-4-2-1-3-5-9/h1-8,13,18H,(H,17,19)(H,20,21)/t13-/m1/s1. The van der Waals surface area contributed by atoms with E-state index in [9.17, 15) is 19.8 Å². The fraction of sp³-hybridized carbons (Fsp3) is 0.0667. The molecule has 108 valence electrons. The van der Waals surface area contributed by atoms with Crippen molar-refractivity contribution in [1.82, 2.24) is 5.32 Å². The highest BCUT2D eigenvalue weighted by atomic mass is 79.9. The summed E-state index contributed by atoms with van der Waals surface area (Å²) in [5.41, 5.74) is 0.468. The Hall–Kier alpha value is -2.34. The molecule has 0 saturated heterocycles. The van der Waals surface area contributed by atoms with Crippen molar-refractivity contribution in [2.24, 2.45) is 0 Å². The molecule has 0 aliphatic carbocycles. The molecule has 2 aromatic rings. The zero-order chi connectivity index (χ0) is 15.4. The molecule has 0 aromatic heterocycles. The van der Waals surface area contributed by atoms with Gasteiger partial charge in [0.05, 0.1) is 5.56 Å². The van der Waals surface area contributed by atoms with E-state index >= 15 is 0 Å². The summed E-state index contributed by atoms with van der Waals surface area (Å²) < 4.78 is 0.620. The highest BCUT2D eigenvalue weighted by Crippen LogP contribution is 2.23. The molecular formula is C15H12BrNO4. The van der Waals surface area contributed by atoms with E-state index < -0.39 is 17.9 Å². The summed E-state index contributed by atoms with van der Waals surface area (Å²) in [6.45, 7) is 0. The van der Waals surface area contributed by atoms with Gasteiger partial charge in [0.15, 0.2) is 6.04 Å². The first-order valence-corrected chi connectivity index (χ1v) is 6.85. The number of carboxylic acid groups (broad SMARTS) is 1. The lowest BCUT2D eigenvalue weighted by molar-refractivity contribution is -0.139. The Labute approximate surface area is 129 Å². The predicted octanol–water partition coefficient (Wildman–Crippen LogP) is 2.71. The van der Waals surface area contributed by atoms with Gasteiger partial charge in [0.25, 0.3) is 5.91 Å². The molecule has 0 bridgehead atoms. The molecule has 0 fully saturated rings. The second-order valence-electron chi connectivity index (χ2n) is 4.32. The topological polar surface area (TPSA) is 86.6 Å². The zero-order valence-corrected chi connectivity index (χ0v) is 12.4. The number of aliphatic carboxylic acids is 1. The van der Waals surface area contributed by atoms with Crippen LogP contribution < -0.4 is 5.32 Å². The minimum Gasteiger partial charge on any atom is -0.507 e. The molecule has 1 atom stereocenters. The molecule has 5 nitrogen and oxygen atoms in total. The van der Waals surface area contributed by atoms with Crippen LogP contribution in [0.1, 0.15) is 22.0 Å². The number of rotatable bonds is 4. The second-order valence-corrected chi connectivity index (χ2v) is 5.23. The third-order valence-electron chi connectivity index (χ3n) is 2.86. The van der Waals surface area contributed by atoms with E-state index in [2.05, 4.69) is 21.2 Å². The molecule has 2 rings (SSSR count). The molecule has 0 spiro atoms. The number of phenols is 1. The number of carbonyl (C=O) groups is 2. The molecule has 3 N–H and O–H groups in total. The van der Waals surface area contributed by atoms with Crippen molar-refractivity contribution >= 4 is 27.8 Å². The summed E-state index contributed by atoms with van der Waals surface area (Å²) >= 11 is 3.17. The minimum absolute atomic E-state index is 0.0142. The number of phenolic OH excluding ortho intramolecular Hbond substituents is 1. The van der Waals surface area contributed by atoms with Crippen LogP contribution in [0.2, 0.25) is 0 Å². The SMILES string of the molecule is O=C(N[C@@H](C(=O)O)c1ccccc1)c1ccc(Br)cc1O. The normalized spacial score (nSPS) is 11.7.